The molecule has 1 fully saturated rings. The second-order valence-electron chi connectivity index (χ2n) is 6.57. The number of amides is 3. The molecule has 1 saturated heterocycles. The summed E-state index contributed by atoms with van der Waals surface area (Å²) in [4.78, 5) is 37.0. The van der Waals surface area contributed by atoms with Gasteiger partial charge in [-0.05, 0) is 30.2 Å². The second kappa shape index (κ2) is 7.49. The van der Waals surface area contributed by atoms with Crippen LogP contribution in [0.5, 0.6) is 0 Å². The van der Waals surface area contributed by atoms with Gasteiger partial charge in [0, 0.05) is 12.6 Å². The van der Waals surface area contributed by atoms with Crippen molar-refractivity contribution in [3.05, 3.63) is 65.2 Å². The van der Waals surface area contributed by atoms with Crippen LogP contribution >= 0.6 is 0 Å². The Kier molecular flexibility index (Phi) is 5.12. The van der Waals surface area contributed by atoms with E-state index in [9.17, 15) is 14.4 Å². The van der Waals surface area contributed by atoms with E-state index in [0.29, 0.717) is 11.3 Å². The lowest BCUT2D eigenvalue weighted by Crippen LogP contribution is -2.43. The van der Waals surface area contributed by atoms with Crippen LogP contribution in [0, 0.1) is 6.92 Å². The van der Waals surface area contributed by atoms with Crippen LogP contribution in [0.1, 0.15) is 29.7 Å². The molecule has 0 radical (unpaired) electrons. The van der Waals surface area contributed by atoms with Crippen molar-refractivity contribution in [2.45, 2.75) is 32.5 Å². The summed E-state index contributed by atoms with van der Waals surface area (Å²) < 4.78 is 5.46. The summed E-state index contributed by atoms with van der Waals surface area (Å²) in [5.74, 6) is -0.821. The first-order valence-corrected chi connectivity index (χ1v) is 8.55. The van der Waals surface area contributed by atoms with Crippen LogP contribution in [0.25, 0.3) is 0 Å². The first-order chi connectivity index (χ1) is 12.8. The molecule has 1 aliphatic heterocycles. The highest BCUT2D eigenvalue weighted by atomic mass is 16.6. The summed E-state index contributed by atoms with van der Waals surface area (Å²) in [5, 5.41) is 2.66. The number of nitrogens with zero attached hydrogens (tertiary/aromatic N) is 1. The third-order valence-corrected chi connectivity index (χ3v) is 4.37. The summed E-state index contributed by atoms with van der Waals surface area (Å²) in [6, 6.07) is 13.5. The zero-order chi connectivity index (χ0) is 19.6. The fourth-order valence-electron chi connectivity index (χ4n) is 3.20. The van der Waals surface area contributed by atoms with Crippen molar-refractivity contribution < 1.29 is 19.1 Å². The van der Waals surface area contributed by atoms with Crippen LogP contribution in [0.4, 0.5) is 10.5 Å². The maximum absolute atomic E-state index is 12.4. The van der Waals surface area contributed by atoms with Gasteiger partial charge >= 0.3 is 6.09 Å². The minimum absolute atomic E-state index is 0.186. The number of ether oxygens (including phenoxy) is 1. The molecule has 2 atom stereocenters. The summed E-state index contributed by atoms with van der Waals surface area (Å²) >= 11 is 0. The Morgan fingerprint density at radius 2 is 1.89 bits per heavy atom. The van der Waals surface area contributed by atoms with Gasteiger partial charge in [0.2, 0.25) is 11.8 Å². The molecular weight excluding hydrogens is 346 g/mol. The van der Waals surface area contributed by atoms with Crippen molar-refractivity contribution >= 4 is 23.6 Å². The van der Waals surface area contributed by atoms with E-state index in [4.69, 9.17) is 10.5 Å². The number of hydrogen-bond acceptors (Lipinski definition) is 4. The van der Waals surface area contributed by atoms with E-state index in [0.717, 1.165) is 11.1 Å². The monoisotopic (exact) mass is 367 g/mol. The number of anilines is 1. The average Bonchev–Trinajstić information content (AvgIpc) is 2.92. The van der Waals surface area contributed by atoms with Gasteiger partial charge in [0.05, 0.1) is 6.54 Å². The minimum Gasteiger partial charge on any atom is -0.438 e. The standard InChI is InChI=1S/C20H21N3O4/c1-12-4-3-5-14(10-12)11-23-17(19(21)25)18(27-20(23)26)15-6-8-16(9-7-15)22-13(2)24/h3-10,17-18H,11H2,1-2H3,(H2,21,25)(H,22,24). The highest BCUT2D eigenvalue weighted by Crippen LogP contribution is 2.34. The van der Waals surface area contributed by atoms with Gasteiger partial charge in [0.25, 0.3) is 0 Å². The van der Waals surface area contributed by atoms with Crippen molar-refractivity contribution in [2.75, 3.05) is 5.32 Å². The Labute approximate surface area is 157 Å². The molecule has 7 nitrogen and oxygen atoms in total. The first kappa shape index (κ1) is 18.4. The zero-order valence-electron chi connectivity index (χ0n) is 15.1. The number of aryl methyl sites for hydroxylation is 1. The lowest BCUT2D eigenvalue weighted by molar-refractivity contribution is -0.123. The summed E-state index contributed by atoms with van der Waals surface area (Å²) in [6.45, 7) is 3.60. The lowest BCUT2D eigenvalue weighted by atomic mass is 10.0. The summed E-state index contributed by atoms with van der Waals surface area (Å²) in [7, 11) is 0. The highest BCUT2D eigenvalue weighted by Gasteiger charge is 2.46. The Bertz CT molecular complexity index is 879. The maximum Gasteiger partial charge on any atom is 0.411 e. The van der Waals surface area contributed by atoms with Crippen LogP contribution in [-0.2, 0) is 20.9 Å². The number of rotatable bonds is 5. The van der Waals surface area contributed by atoms with Crippen LogP contribution in [0.3, 0.4) is 0 Å². The van der Waals surface area contributed by atoms with Crippen LogP contribution in [0.15, 0.2) is 48.5 Å². The Morgan fingerprint density at radius 1 is 1.19 bits per heavy atom. The molecule has 3 rings (SSSR count). The fourth-order valence-corrected chi connectivity index (χ4v) is 3.20. The number of nitrogens with two attached hydrogens (primary N) is 1. The SMILES string of the molecule is CC(=O)Nc1ccc(C2OC(=O)N(Cc3cccc(C)c3)C2C(N)=O)cc1. The molecule has 0 aromatic heterocycles. The van der Waals surface area contributed by atoms with E-state index in [1.54, 1.807) is 24.3 Å². The van der Waals surface area contributed by atoms with Crippen LogP contribution in [-0.4, -0.2) is 28.8 Å². The molecule has 3 amide bonds. The van der Waals surface area contributed by atoms with E-state index in [1.807, 2.05) is 31.2 Å². The Hall–Kier alpha value is -3.35. The van der Waals surface area contributed by atoms with E-state index >= 15 is 0 Å². The molecular formula is C20H21N3O4. The van der Waals surface area contributed by atoms with Gasteiger partial charge in [0.15, 0.2) is 12.1 Å². The Balaban J connectivity index is 1.85. The van der Waals surface area contributed by atoms with Gasteiger partial charge in [-0.3, -0.25) is 14.5 Å². The van der Waals surface area contributed by atoms with Gasteiger partial charge in [0.1, 0.15) is 0 Å². The molecule has 140 valence electrons. The van der Waals surface area contributed by atoms with E-state index < -0.39 is 24.1 Å². The van der Waals surface area contributed by atoms with Crippen LogP contribution in [0.2, 0.25) is 0 Å². The smallest absolute Gasteiger partial charge is 0.411 e. The third kappa shape index (κ3) is 4.08. The third-order valence-electron chi connectivity index (χ3n) is 4.37. The van der Waals surface area contributed by atoms with Crippen molar-refractivity contribution in [2.24, 2.45) is 5.73 Å². The van der Waals surface area contributed by atoms with Gasteiger partial charge in [-0.25, -0.2) is 4.79 Å². The van der Waals surface area contributed by atoms with Crippen LogP contribution < -0.4 is 11.1 Å². The molecule has 2 aromatic carbocycles. The molecule has 0 spiro atoms. The maximum atomic E-state index is 12.4. The molecule has 1 heterocycles. The number of cyclic esters (lactones) is 1. The van der Waals surface area contributed by atoms with E-state index in [1.165, 1.54) is 11.8 Å². The number of hydrogen-bond donors (Lipinski definition) is 2. The molecule has 0 bridgehead atoms. The number of nitrogens with one attached hydrogen (secondary N) is 1. The number of benzene rings is 2. The molecule has 2 aromatic rings. The largest absolute Gasteiger partial charge is 0.438 e. The van der Waals surface area contributed by atoms with Gasteiger partial charge in [-0.2, -0.15) is 0 Å². The van der Waals surface area contributed by atoms with Gasteiger partial charge < -0.3 is 15.8 Å². The predicted octanol–water partition coefficient (Wildman–Crippen LogP) is 2.50. The minimum atomic E-state index is -0.912. The summed E-state index contributed by atoms with van der Waals surface area (Å²) in [5.41, 5.74) is 8.78. The quantitative estimate of drug-likeness (QED) is 0.848. The van der Waals surface area contributed by atoms with E-state index in [-0.39, 0.29) is 12.5 Å². The van der Waals surface area contributed by atoms with Crippen molar-refractivity contribution in [1.29, 1.82) is 0 Å². The molecule has 27 heavy (non-hydrogen) atoms. The lowest BCUT2D eigenvalue weighted by Gasteiger charge is -2.22. The molecule has 7 heteroatoms. The number of primary amides is 1. The molecule has 3 N–H and O–H groups in total. The number of carbonyl (C=O) groups is 3. The normalized spacial score (nSPS) is 18.9. The topological polar surface area (TPSA) is 102 Å². The van der Waals surface area contributed by atoms with Crippen molar-refractivity contribution in [1.82, 2.24) is 4.90 Å². The number of carbonyl (C=O) groups excluding carboxylic acids is 3. The molecule has 0 saturated carbocycles. The first-order valence-electron chi connectivity index (χ1n) is 8.55. The molecule has 1 aliphatic rings. The van der Waals surface area contributed by atoms with Crippen molar-refractivity contribution in [3.63, 3.8) is 0 Å². The average molecular weight is 367 g/mol. The van der Waals surface area contributed by atoms with E-state index in [2.05, 4.69) is 5.32 Å². The van der Waals surface area contributed by atoms with Gasteiger partial charge in [-0.15, -0.1) is 0 Å². The van der Waals surface area contributed by atoms with Gasteiger partial charge in [-0.1, -0.05) is 42.0 Å². The van der Waals surface area contributed by atoms with Crippen molar-refractivity contribution in [3.8, 4) is 0 Å². The zero-order valence-corrected chi connectivity index (χ0v) is 15.1. The predicted molar refractivity (Wildman–Crippen MR) is 99.7 cm³/mol. The molecule has 0 aliphatic carbocycles. The summed E-state index contributed by atoms with van der Waals surface area (Å²) in [6.07, 6.45) is -1.39. The second-order valence-corrected chi connectivity index (χ2v) is 6.57. The molecule has 2 unspecified atom stereocenters. The highest BCUT2D eigenvalue weighted by molar-refractivity contribution is 5.89. The fraction of sp³-hybridized carbons (Fsp3) is 0.250. The Morgan fingerprint density at radius 3 is 2.48 bits per heavy atom.